The van der Waals surface area contributed by atoms with Crippen molar-refractivity contribution >= 4 is 30.1 Å². The lowest BCUT2D eigenvalue weighted by atomic mass is 9.95. The molecule has 2 unspecified atom stereocenters. The fourth-order valence-electron chi connectivity index (χ4n) is 3.87. The van der Waals surface area contributed by atoms with E-state index in [9.17, 15) is 4.79 Å². The Morgan fingerprint density at radius 2 is 2.08 bits per heavy atom. The molecule has 2 atom stereocenters. The second kappa shape index (κ2) is 9.78. The minimum Gasteiger partial charge on any atom is -0.348 e. The summed E-state index contributed by atoms with van der Waals surface area (Å²) in [7, 11) is 0. The molecule has 2 fully saturated rings. The van der Waals surface area contributed by atoms with Gasteiger partial charge in [0.2, 0.25) is 0 Å². The first-order valence-electron chi connectivity index (χ1n) is 9.24. The Morgan fingerprint density at radius 1 is 1.32 bits per heavy atom. The predicted octanol–water partition coefficient (Wildman–Crippen LogP) is 2.73. The van der Waals surface area contributed by atoms with Crippen LogP contribution in [0.1, 0.15) is 67.7 Å². The first-order valence-corrected chi connectivity index (χ1v) is 10.3. The van der Waals surface area contributed by atoms with Crippen molar-refractivity contribution < 1.29 is 4.79 Å². The molecule has 2 N–H and O–H groups in total. The average molecular weight is 388 g/mol. The van der Waals surface area contributed by atoms with Crippen LogP contribution in [0.2, 0.25) is 0 Å². The maximum absolute atomic E-state index is 12.6. The Hall–Kier alpha value is -0.790. The van der Waals surface area contributed by atoms with E-state index in [1.807, 2.05) is 23.4 Å². The Labute approximate surface area is 160 Å². The van der Waals surface area contributed by atoms with Crippen LogP contribution in [0, 0.1) is 6.92 Å². The van der Waals surface area contributed by atoms with E-state index in [4.69, 9.17) is 0 Å². The molecule has 2 aliphatic rings. The van der Waals surface area contributed by atoms with E-state index in [0.29, 0.717) is 17.0 Å². The van der Waals surface area contributed by atoms with Gasteiger partial charge in [-0.3, -0.25) is 4.79 Å². The zero-order valence-electron chi connectivity index (χ0n) is 15.2. The Balaban J connectivity index is 0.00000225. The molecule has 1 saturated heterocycles. The number of nitrogens with one attached hydrogen (secondary N) is 2. The van der Waals surface area contributed by atoms with Crippen molar-refractivity contribution in [1.29, 1.82) is 0 Å². The lowest BCUT2D eigenvalue weighted by Gasteiger charge is -2.29. The molecule has 1 amide bonds. The molecule has 6 nitrogen and oxygen atoms in total. The van der Waals surface area contributed by atoms with Gasteiger partial charge in [-0.1, -0.05) is 18.6 Å². The first-order chi connectivity index (χ1) is 11.7. The summed E-state index contributed by atoms with van der Waals surface area (Å²) < 4.78 is 1.95. The zero-order chi connectivity index (χ0) is 16.9. The van der Waals surface area contributed by atoms with E-state index >= 15 is 0 Å². The summed E-state index contributed by atoms with van der Waals surface area (Å²) in [6.45, 7) is 6.18. The lowest BCUT2D eigenvalue weighted by Crippen LogP contribution is -2.39. The van der Waals surface area contributed by atoms with E-state index in [-0.39, 0.29) is 24.4 Å². The summed E-state index contributed by atoms with van der Waals surface area (Å²) in [5, 5.41) is 15.7. The van der Waals surface area contributed by atoms with Gasteiger partial charge >= 0.3 is 0 Å². The maximum atomic E-state index is 12.6. The van der Waals surface area contributed by atoms with Gasteiger partial charge in [0, 0.05) is 11.3 Å². The van der Waals surface area contributed by atoms with Crippen LogP contribution in [-0.4, -0.2) is 51.0 Å². The number of hydrogen-bond donors (Lipinski definition) is 2. The molecular formula is C17H30ClN5OS. The molecule has 2 heterocycles. The molecule has 1 aromatic heterocycles. The number of nitrogens with zero attached hydrogens (tertiary/aromatic N) is 3. The van der Waals surface area contributed by atoms with Crippen molar-refractivity contribution in [2.24, 2.45) is 0 Å². The minimum atomic E-state index is -0.0557. The van der Waals surface area contributed by atoms with Crippen molar-refractivity contribution in [1.82, 2.24) is 25.6 Å². The standard InChI is InChI=1S/C17H29N5OS.ClH/c1-3-24-15-6-4-5-13(11-15)19-17(23)16-12(2)22(21-20-16)14-7-9-18-10-8-14;/h13-15,18H,3-11H2,1-2H3,(H,19,23);1H. The highest BCUT2D eigenvalue weighted by atomic mass is 35.5. The lowest BCUT2D eigenvalue weighted by molar-refractivity contribution is 0.0922. The predicted molar refractivity (Wildman–Crippen MR) is 105 cm³/mol. The third-order valence-electron chi connectivity index (χ3n) is 5.16. The van der Waals surface area contributed by atoms with Crippen molar-refractivity contribution in [2.45, 2.75) is 69.7 Å². The number of amides is 1. The summed E-state index contributed by atoms with van der Waals surface area (Å²) >= 11 is 2.02. The van der Waals surface area contributed by atoms with Crippen LogP contribution in [0.25, 0.3) is 0 Å². The number of thioether (sulfide) groups is 1. The summed E-state index contributed by atoms with van der Waals surface area (Å²) in [4.78, 5) is 12.6. The van der Waals surface area contributed by atoms with Gasteiger partial charge in [-0.15, -0.1) is 17.5 Å². The van der Waals surface area contributed by atoms with Crippen LogP contribution in [-0.2, 0) is 0 Å². The maximum Gasteiger partial charge on any atom is 0.273 e. The van der Waals surface area contributed by atoms with Gasteiger partial charge in [0.15, 0.2) is 5.69 Å². The molecule has 0 bridgehead atoms. The summed E-state index contributed by atoms with van der Waals surface area (Å²) in [6.07, 6.45) is 6.71. The first kappa shape index (κ1) is 20.5. The molecule has 0 radical (unpaired) electrons. The van der Waals surface area contributed by atoms with Gasteiger partial charge in [-0.05, 0) is 57.9 Å². The number of aromatic nitrogens is 3. The molecule has 142 valence electrons. The van der Waals surface area contributed by atoms with Gasteiger partial charge in [0.25, 0.3) is 5.91 Å². The summed E-state index contributed by atoms with van der Waals surface area (Å²) in [6, 6.07) is 0.638. The van der Waals surface area contributed by atoms with Gasteiger partial charge in [-0.2, -0.15) is 11.8 Å². The van der Waals surface area contributed by atoms with Crippen LogP contribution < -0.4 is 10.6 Å². The van der Waals surface area contributed by atoms with Gasteiger partial charge < -0.3 is 10.6 Å². The smallest absolute Gasteiger partial charge is 0.273 e. The van der Waals surface area contributed by atoms with Crippen molar-refractivity contribution in [2.75, 3.05) is 18.8 Å². The van der Waals surface area contributed by atoms with E-state index in [1.54, 1.807) is 0 Å². The van der Waals surface area contributed by atoms with Crippen LogP contribution in [0.3, 0.4) is 0 Å². The molecule has 1 aliphatic carbocycles. The SMILES string of the molecule is CCSC1CCCC(NC(=O)c2nnn(C3CCNCC3)c2C)C1.Cl. The van der Waals surface area contributed by atoms with Crippen molar-refractivity contribution in [3.8, 4) is 0 Å². The molecule has 8 heteroatoms. The highest BCUT2D eigenvalue weighted by Gasteiger charge is 2.27. The van der Waals surface area contributed by atoms with E-state index in [2.05, 4.69) is 27.9 Å². The van der Waals surface area contributed by atoms with Gasteiger partial charge in [0.1, 0.15) is 0 Å². The van der Waals surface area contributed by atoms with Crippen LogP contribution in [0.4, 0.5) is 0 Å². The fourth-order valence-corrected chi connectivity index (χ4v) is 5.04. The van der Waals surface area contributed by atoms with E-state index < -0.39 is 0 Å². The largest absolute Gasteiger partial charge is 0.348 e. The van der Waals surface area contributed by atoms with E-state index in [1.165, 1.54) is 12.8 Å². The van der Waals surface area contributed by atoms with Gasteiger partial charge in [0.05, 0.1) is 11.7 Å². The molecule has 1 aliphatic heterocycles. The van der Waals surface area contributed by atoms with Crippen LogP contribution >= 0.6 is 24.2 Å². The molecular weight excluding hydrogens is 358 g/mol. The Bertz CT molecular complexity index is 559. The number of carbonyl (C=O) groups excluding carboxylic acids is 1. The molecule has 1 saturated carbocycles. The quantitative estimate of drug-likeness (QED) is 0.812. The van der Waals surface area contributed by atoms with Crippen LogP contribution in [0.15, 0.2) is 0 Å². The fraction of sp³-hybridized carbons (Fsp3) is 0.824. The minimum absolute atomic E-state index is 0. The number of carbonyl (C=O) groups is 1. The van der Waals surface area contributed by atoms with E-state index in [0.717, 1.165) is 50.2 Å². The number of hydrogen-bond acceptors (Lipinski definition) is 5. The molecule has 25 heavy (non-hydrogen) atoms. The molecule has 0 spiro atoms. The normalized spacial score (nSPS) is 24.6. The van der Waals surface area contributed by atoms with Gasteiger partial charge in [-0.25, -0.2) is 4.68 Å². The monoisotopic (exact) mass is 387 g/mol. The van der Waals surface area contributed by atoms with Crippen LogP contribution in [0.5, 0.6) is 0 Å². The second-order valence-corrected chi connectivity index (χ2v) is 8.44. The molecule has 0 aromatic carbocycles. The molecule has 1 aromatic rings. The number of piperidine rings is 1. The number of rotatable bonds is 5. The second-order valence-electron chi connectivity index (χ2n) is 6.86. The highest BCUT2D eigenvalue weighted by molar-refractivity contribution is 7.99. The topological polar surface area (TPSA) is 71.8 Å². The summed E-state index contributed by atoms with van der Waals surface area (Å²) in [5.74, 6) is 1.09. The van der Waals surface area contributed by atoms with Crippen molar-refractivity contribution in [3.63, 3.8) is 0 Å². The third kappa shape index (κ3) is 5.11. The Kier molecular flexibility index (Phi) is 8.03. The average Bonchev–Trinajstić information content (AvgIpc) is 2.98. The third-order valence-corrected chi connectivity index (χ3v) is 6.39. The zero-order valence-corrected chi connectivity index (χ0v) is 16.8. The highest BCUT2D eigenvalue weighted by Crippen LogP contribution is 2.28. The Morgan fingerprint density at radius 3 is 2.80 bits per heavy atom. The summed E-state index contributed by atoms with van der Waals surface area (Å²) in [5.41, 5.74) is 1.40. The molecule has 3 rings (SSSR count). The van der Waals surface area contributed by atoms with Crippen molar-refractivity contribution in [3.05, 3.63) is 11.4 Å². The number of halogens is 1.